The van der Waals surface area contributed by atoms with E-state index in [9.17, 15) is 9.59 Å². The summed E-state index contributed by atoms with van der Waals surface area (Å²) in [6.45, 7) is 6.78. The van der Waals surface area contributed by atoms with Gasteiger partial charge in [-0.1, -0.05) is 23.7 Å². The molecular formula is C17H18ClNO2. The predicted molar refractivity (Wildman–Crippen MR) is 84.1 cm³/mol. The maximum Gasteiger partial charge on any atom is 0.158 e. The van der Waals surface area contributed by atoms with Crippen molar-refractivity contribution >= 4 is 23.2 Å². The van der Waals surface area contributed by atoms with Gasteiger partial charge in [-0.2, -0.15) is 0 Å². The van der Waals surface area contributed by atoms with E-state index in [0.29, 0.717) is 16.2 Å². The molecule has 0 radical (unpaired) electrons. The third-order valence-electron chi connectivity index (χ3n) is 3.72. The lowest BCUT2D eigenvalue weighted by atomic mass is 9.78. The number of hydrogen-bond donors (Lipinski definition) is 1. The van der Waals surface area contributed by atoms with Crippen molar-refractivity contribution in [3.8, 4) is 0 Å². The molecule has 0 saturated carbocycles. The molecule has 0 aromatic heterocycles. The molecule has 0 atom stereocenters. The van der Waals surface area contributed by atoms with Gasteiger partial charge >= 0.3 is 0 Å². The van der Waals surface area contributed by atoms with Gasteiger partial charge in [-0.3, -0.25) is 9.59 Å². The van der Waals surface area contributed by atoms with Crippen molar-refractivity contribution in [2.75, 3.05) is 0 Å². The summed E-state index contributed by atoms with van der Waals surface area (Å²) in [6, 6.07) is 7.29. The minimum Gasteiger partial charge on any atom is -0.362 e. The fourth-order valence-corrected chi connectivity index (χ4v) is 3.04. The molecule has 1 aromatic carbocycles. The number of carbonyl (C=O) groups is 2. The van der Waals surface area contributed by atoms with Crippen LogP contribution in [0.1, 0.15) is 39.2 Å². The van der Waals surface area contributed by atoms with E-state index in [-0.39, 0.29) is 17.5 Å². The highest BCUT2D eigenvalue weighted by atomic mass is 35.5. The van der Waals surface area contributed by atoms with Crippen LogP contribution in [-0.4, -0.2) is 11.6 Å². The highest BCUT2D eigenvalue weighted by molar-refractivity contribution is 6.30. The molecule has 0 unspecified atom stereocenters. The van der Waals surface area contributed by atoms with E-state index in [1.807, 2.05) is 26.0 Å². The topological polar surface area (TPSA) is 46.2 Å². The molecule has 0 bridgehead atoms. The number of dihydropyridines is 1. The van der Waals surface area contributed by atoms with E-state index in [4.69, 9.17) is 11.6 Å². The first-order chi connectivity index (χ1) is 9.82. The summed E-state index contributed by atoms with van der Waals surface area (Å²) in [5, 5.41) is 3.77. The number of carbonyl (C=O) groups excluding carboxylic acids is 2. The van der Waals surface area contributed by atoms with Crippen LogP contribution in [0.2, 0.25) is 5.02 Å². The molecule has 21 heavy (non-hydrogen) atoms. The van der Waals surface area contributed by atoms with Crippen molar-refractivity contribution in [1.29, 1.82) is 0 Å². The van der Waals surface area contributed by atoms with Crippen LogP contribution < -0.4 is 5.32 Å². The van der Waals surface area contributed by atoms with Gasteiger partial charge in [0.25, 0.3) is 0 Å². The van der Waals surface area contributed by atoms with Gasteiger partial charge in [0, 0.05) is 33.5 Å². The molecule has 1 aromatic rings. The van der Waals surface area contributed by atoms with Crippen molar-refractivity contribution < 1.29 is 9.59 Å². The lowest BCUT2D eigenvalue weighted by Crippen LogP contribution is -2.29. The van der Waals surface area contributed by atoms with Crippen molar-refractivity contribution in [2.24, 2.45) is 0 Å². The third-order valence-corrected chi connectivity index (χ3v) is 3.97. The number of halogens is 1. The molecule has 0 spiro atoms. The van der Waals surface area contributed by atoms with Gasteiger partial charge < -0.3 is 5.32 Å². The van der Waals surface area contributed by atoms with E-state index < -0.39 is 0 Å². The van der Waals surface area contributed by atoms with Crippen LogP contribution in [0.4, 0.5) is 0 Å². The van der Waals surface area contributed by atoms with Crippen LogP contribution in [0.5, 0.6) is 0 Å². The number of benzene rings is 1. The Morgan fingerprint density at radius 2 is 1.38 bits per heavy atom. The maximum absolute atomic E-state index is 12.1. The Morgan fingerprint density at radius 1 is 0.952 bits per heavy atom. The third kappa shape index (κ3) is 2.93. The first kappa shape index (κ1) is 15.5. The number of allylic oxidation sites excluding steroid dienone is 4. The quantitative estimate of drug-likeness (QED) is 0.925. The molecule has 1 N–H and O–H groups in total. The van der Waals surface area contributed by atoms with Crippen LogP contribution in [0, 0.1) is 0 Å². The molecule has 110 valence electrons. The lowest BCUT2D eigenvalue weighted by molar-refractivity contribution is -0.114. The van der Waals surface area contributed by atoms with E-state index in [2.05, 4.69) is 5.32 Å². The van der Waals surface area contributed by atoms with Gasteiger partial charge in [0.05, 0.1) is 0 Å². The second-order valence-electron chi connectivity index (χ2n) is 5.30. The molecule has 0 aliphatic carbocycles. The van der Waals surface area contributed by atoms with Crippen molar-refractivity contribution in [3.05, 3.63) is 57.4 Å². The zero-order valence-electron chi connectivity index (χ0n) is 12.6. The number of ketones is 2. The highest BCUT2D eigenvalue weighted by Crippen LogP contribution is 2.38. The van der Waals surface area contributed by atoms with E-state index in [1.54, 1.807) is 12.1 Å². The number of Topliss-reactive ketones (excluding diaryl/α,β-unsaturated/α-hetero) is 2. The number of hydrogen-bond acceptors (Lipinski definition) is 3. The van der Waals surface area contributed by atoms with Crippen LogP contribution in [0.25, 0.3) is 0 Å². The zero-order valence-corrected chi connectivity index (χ0v) is 13.3. The largest absolute Gasteiger partial charge is 0.362 e. The normalized spacial score (nSPS) is 16.0. The summed E-state index contributed by atoms with van der Waals surface area (Å²) in [5.41, 5.74) is 3.76. The molecule has 0 fully saturated rings. The summed E-state index contributed by atoms with van der Waals surface area (Å²) in [6.07, 6.45) is 0. The van der Waals surface area contributed by atoms with Crippen LogP contribution in [-0.2, 0) is 9.59 Å². The number of nitrogens with one attached hydrogen (secondary N) is 1. The van der Waals surface area contributed by atoms with Gasteiger partial charge in [0.1, 0.15) is 0 Å². The molecule has 1 aliphatic heterocycles. The van der Waals surface area contributed by atoms with Crippen LogP contribution in [0.15, 0.2) is 46.8 Å². The van der Waals surface area contributed by atoms with Crippen molar-refractivity contribution in [1.82, 2.24) is 5.32 Å². The van der Waals surface area contributed by atoms with Gasteiger partial charge in [-0.05, 0) is 45.4 Å². The standard InChI is InChI=1S/C17H18ClNO2/c1-9-15(11(3)20)17(13-5-7-14(18)8-6-13)16(12(4)21)10(2)19-9/h5-8,17,19H,1-4H3. The van der Waals surface area contributed by atoms with E-state index in [0.717, 1.165) is 17.0 Å². The van der Waals surface area contributed by atoms with Crippen molar-refractivity contribution in [3.63, 3.8) is 0 Å². The van der Waals surface area contributed by atoms with E-state index in [1.165, 1.54) is 13.8 Å². The van der Waals surface area contributed by atoms with Crippen molar-refractivity contribution in [2.45, 2.75) is 33.6 Å². The summed E-state index contributed by atoms with van der Waals surface area (Å²) >= 11 is 5.94. The summed E-state index contributed by atoms with van der Waals surface area (Å²) in [4.78, 5) is 24.2. The minimum atomic E-state index is -0.335. The summed E-state index contributed by atoms with van der Waals surface area (Å²) in [7, 11) is 0. The molecule has 2 rings (SSSR count). The Hall–Kier alpha value is -1.87. The Balaban J connectivity index is 2.67. The fourth-order valence-electron chi connectivity index (χ4n) is 2.92. The Kier molecular flexibility index (Phi) is 4.33. The zero-order chi connectivity index (χ0) is 15.7. The molecule has 0 saturated heterocycles. The molecule has 4 heteroatoms. The monoisotopic (exact) mass is 303 g/mol. The Labute approximate surface area is 129 Å². The summed E-state index contributed by atoms with van der Waals surface area (Å²) < 4.78 is 0. The lowest BCUT2D eigenvalue weighted by Gasteiger charge is -2.30. The SMILES string of the molecule is CC(=O)C1=C(C)NC(C)=C(C(C)=O)C1c1ccc(Cl)cc1. The maximum atomic E-state index is 12.1. The molecule has 0 amide bonds. The van der Waals surface area contributed by atoms with Crippen LogP contribution in [0.3, 0.4) is 0 Å². The first-order valence-corrected chi connectivity index (χ1v) is 7.16. The predicted octanol–water partition coefficient (Wildman–Crippen LogP) is 3.75. The van der Waals surface area contributed by atoms with Crippen LogP contribution >= 0.6 is 11.6 Å². The smallest absolute Gasteiger partial charge is 0.158 e. The highest BCUT2D eigenvalue weighted by Gasteiger charge is 2.33. The first-order valence-electron chi connectivity index (χ1n) is 6.78. The minimum absolute atomic E-state index is 0.0359. The van der Waals surface area contributed by atoms with Gasteiger partial charge in [-0.15, -0.1) is 0 Å². The summed E-state index contributed by atoms with van der Waals surface area (Å²) in [5.74, 6) is -0.407. The van der Waals surface area contributed by atoms with E-state index >= 15 is 0 Å². The van der Waals surface area contributed by atoms with Gasteiger partial charge in [-0.25, -0.2) is 0 Å². The molecular weight excluding hydrogens is 286 g/mol. The average molecular weight is 304 g/mol. The fraction of sp³-hybridized carbons (Fsp3) is 0.294. The average Bonchev–Trinajstić information content (AvgIpc) is 2.37. The molecule has 1 heterocycles. The molecule has 3 nitrogen and oxygen atoms in total. The second-order valence-corrected chi connectivity index (χ2v) is 5.74. The molecule has 1 aliphatic rings. The van der Waals surface area contributed by atoms with Gasteiger partial charge in [0.2, 0.25) is 0 Å². The Bertz CT molecular complexity index is 633. The van der Waals surface area contributed by atoms with Gasteiger partial charge in [0.15, 0.2) is 11.6 Å². The Morgan fingerprint density at radius 3 is 1.76 bits per heavy atom. The second kappa shape index (κ2) is 5.86. The number of rotatable bonds is 3.